The van der Waals surface area contributed by atoms with Crippen molar-refractivity contribution < 1.29 is 0 Å². The summed E-state index contributed by atoms with van der Waals surface area (Å²) in [7, 11) is 0. The Morgan fingerprint density at radius 1 is 0.385 bits per heavy atom. The smallest absolute Gasteiger partial charge is 0.290 e. The third kappa shape index (κ3) is 7.21. The molecule has 0 aromatic carbocycles. The summed E-state index contributed by atoms with van der Waals surface area (Å²) in [6, 6.07) is 3.19. The van der Waals surface area contributed by atoms with Crippen molar-refractivity contribution in [2.24, 2.45) is 0 Å². The van der Waals surface area contributed by atoms with Gasteiger partial charge in [0.2, 0.25) is 0 Å². The summed E-state index contributed by atoms with van der Waals surface area (Å²) in [5.74, 6) is 0. The van der Waals surface area contributed by atoms with E-state index in [-0.39, 0.29) is 0 Å². The Morgan fingerprint density at radius 3 is 0.923 bits per heavy atom. The first-order valence-corrected chi connectivity index (χ1v) is 16.8. The van der Waals surface area contributed by atoms with Crippen LogP contribution in [0.25, 0.3) is 0 Å². The molecule has 0 radical (unpaired) electrons. The fourth-order valence-corrected chi connectivity index (χ4v) is 8.93. The Hall–Kier alpha value is 0.150. The van der Waals surface area contributed by atoms with Gasteiger partial charge < -0.3 is 28.3 Å². The molecule has 0 N–H and O–H groups in total. The summed E-state index contributed by atoms with van der Waals surface area (Å²) < 4.78 is 16.8. The number of rotatable bonds is 12. The molecule has 2 aliphatic heterocycles. The molecule has 2 atom stereocenters. The molecule has 220 valence electrons. The van der Waals surface area contributed by atoms with E-state index < -0.39 is 0 Å². The van der Waals surface area contributed by atoms with E-state index in [0.717, 1.165) is 0 Å². The minimum absolute atomic E-state index is 0.440. The minimum Gasteiger partial charge on any atom is -0.355 e. The van der Waals surface area contributed by atoms with Gasteiger partial charge in [-0.2, -0.15) is 0 Å². The third-order valence-corrected chi connectivity index (χ3v) is 10.2. The Kier molecular flexibility index (Phi) is 13.6. The highest BCUT2D eigenvalue weighted by molar-refractivity contribution is 6.86. The SMILES string of the molecule is CCB1N(C(C)C)B(CC)N(C(C)CCC(C)N2B(C)N(C(C)C)B(C)N(C(C)C)B2C)B(CC)N1C(C)C. The first-order chi connectivity index (χ1) is 18.2. The summed E-state index contributed by atoms with van der Waals surface area (Å²) in [5, 5.41) is 0. The highest BCUT2D eigenvalue weighted by Crippen LogP contribution is 2.33. The van der Waals surface area contributed by atoms with E-state index in [1.165, 1.54) is 31.8 Å². The van der Waals surface area contributed by atoms with Gasteiger partial charge in [0, 0.05) is 0 Å². The van der Waals surface area contributed by atoms with Gasteiger partial charge in [0.1, 0.15) is 0 Å². The van der Waals surface area contributed by atoms with Crippen molar-refractivity contribution in [3.63, 3.8) is 0 Å². The van der Waals surface area contributed by atoms with E-state index in [2.05, 4.69) is 139 Å². The molecule has 0 aromatic heterocycles. The monoisotopic (exact) mass is 539 g/mol. The van der Waals surface area contributed by atoms with E-state index >= 15 is 0 Å². The molecule has 2 heterocycles. The van der Waals surface area contributed by atoms with Crippen molar-refractivity contribution in [3.05, 3.63) is 0 Å². The van der Waals surface area contributed by atoms with Gasteiger partial charge in [0.25, 0.3) is 41.9 Å². The van der Waals surface area contributed by atoms with Crippen LogP contribution in [0.5, 0.6) is 0 Å². The van der Waals surface area contributed by atoms with Crippen LogP contribution in [0, 0.1) is 0 Å². The number of nitrogens with zero attached hydrogens (tertiary/aromatic N) is 6. The van der Waals surface area contributed by atoms with Crippen LogP contribution < -0.4 is 0 Å². The largest absolute Gasteiger partial charge is 0.355 e. The molecule has 2 aliphatic rings. The fraction of sp³-hybridized carbons (Fsp3) is 1.00. The Balaban J connectivity index is 2.33. The first kappa shape index (κ1) is 35.3. The first-order valence-electron chi connectivity index (χ1n) is 16.8. The van der Waals surface area contributed by atoms with Gasteiger partial charge in [-0.3, -0.25) is 0 Å². The average molecular weight is 538 g/mol. The summed E-state index contributed by atoms with van der Waals surface area (Å²) >= 11 is 0. The quantitative estimate of drug-likeness (QED) is 0.287. The number of hydrogen-bond acceptors (Lipinski definition) is 6. The van der Waals surface area contributed by atoms with Crippen molar-refractivity contribution >= 4 is 41.9 Å². The van der Waals surface area contributed by atoms with Gasteiger partial charge in [-0.25, -0.2) is 0 Å². The second-order valence-electron chi connectivity index (χ2n) is 13.9. The highest BCUT2D eigenvalue weighted by atomic mass is 15.4. The molecule has 2 saturated heterocycles. The molecule has 2 rings (SSSR count). The van der Waals surface area contributed by atoms with Gasteiger partial charge in [-0.1, -0.05) is 110 Å². The van der Waals surface area contributed by atoms with Crippen LogP contribution >= 0.6 is 0 Å². The van der Waals surface area contributed by atoms with E-state index in [9.17, 15) is 0 Å². The summed E-state index contributed by atoms with van der Waals surface area (Å²) in [6.07, 6.45) is 6.01. The maximum Gasteiger partial charge on any atom is 0.290 e. The van der Waals surface area contributed by atoms with Crippen LogP contribution in [0.2, 0.25) is 39.4 Å². The third-order valence-electron chi connectivity index (χ3n) is 10.2. The molecule has 0 saturated carbocycles. The minimum atomic E-state index is 0.440. The molecule has 0 spiro atoms. The topological polar surface area (TPSA) is 19.4 Å². The molecule has 39 heavy (non-hydrogen) atoms. The Labute approximate surface area is 248 Å². The standard InChI is InChI=1S/C27H64B6N6/c1-17-31-36(24(8)9)32(18-2)39(33(19-3)37(31)25(10)11)27(13)21-20-26(12)38-29(15)34(22(4)5)28(14)35(23(6)7)30(38)16/h22-27H,17-21H2,1-16H3. The van der Waals surface area contributed by atoms with Gasteiger partial charge in [-0.05, 0) is 68.1 Å². The zero-order valence-corrected chi connectivity index (χ0v) is 29.1. The zero-order chi connectivity index (χ0) is 29.9. The van der Waals surface area contributed by atoms with Crippen molar-refractivity contribution in [3.8, 4) is 0 Å². The average Bonchev–Trinajstić information content (AvgIpc) is 2.84. The number of hydrogen-bond donors (Lipinski definition) is 0. The second-order valence-corrected chi connectivity index (χ2v) is 13.9. The normalized spacial score (nSPS) is 22.2. The molecule has 2 unspecified atom stereocenters. The van der Waals surface area contributed by atoms with Crippen LogP contribution in [0.15, 0.2) is 0 Å². The molecule has 0 aliphatic carbocycles. The van der Waals surface area contributed by atoms with Crippen LogP contribution in [-0.4, -0.2) is 106 Å². The second kappa shape index (κ2) is 15.0. The van der Waals surface area contributed by atoms with Crippen LogP contribution in [0.4, 0.5) is 0 Å². The molecule has 2 fully saturated rings. The van der Waals surface area contributed by atoms with Crippen molar-refractivity contribution in [2.45, 2.75) is 179 Å². The molecular formula is C27H64B6N6. The molecule has 12 heteroatoms. The molecular weight excluding hydrogens is 473 g/mol. The van der Waals surface area contributed by atoms with Gasteiger partial charge in [0.05, 0.1) is 0 Å². The van der Waals surface area contributed by atoms with Crippen molar-refractivity contribution in [1.82, 2.24) is 28.3 Å². The van der Waals surface area contributed by atoms with E-state index in [1.807, 2.05) is 0 Å². The van der Waals surface area contributed by atoms with E-state index in [4.69, 9.17) is 0 Å². The maximum absolute atomic E-state index is 2.92. The lowest BCUT2D eigenvalue weighted by molar-refractivity contribution is 0.296. The van der Waals surface area contributed by atoms with Gasteiger partial charge >= 0.3 is 0 Å². The molecule has 0 amide bonds. The fourth-order valence-electron chi connectivity index (χ4n) is 8.93. The van der Waals surface area contributed by atoms with E-state index in [0.29, 0.717) is 78.1 Å². The predicted molar refractivity (Wildman–Crippen MR) is 183 cm³/mol. The molecule has 0 bridgehead atoms. The van der Waals surface area contributed by atoms with Crippen molar-refractivity contribution in [2.75, 3.05) is 0 Å². The predicted octanol–water partition coefficient (Wildman–Crippen LogP) is 5.89. The van der Waals surface area contributed by atoms with E-state index in [1.54, 1.807) is 0 Å². The summed E-state index contributed by atoms with van der Waals surface area (Å²) in [4.78, 5) is 0. The Morgan fingerprint density at radius 2 is 0.641 bits per heavy atom. The summed E-state index contributed by atoms with van der Waals surface area (Å²) in [5.41, 5.74) is 0. The maximum atomic E-state index is 2.92. The van der Waals surface area contributed by atoms with Crippen LogP contribution in [0.3, 0.4) is 0 Å². The molecule has 6 nitrogen and oxygen atoms in total. The van der Waals surface area contributed by atoms with Gasteiger partial charge in [-0.15, -0.1) is 0 Å². The van der Waals surface area contributed by atoms with Crippen LogP contribution in [-0.2, 0) is 0 Å². The highest BCUT2D eigenvalue weighted by Gasteiger charge is 2.53. The van der Waals surface area contributed by atoms with Crippen LogP contribution in [0.1, 0.15) is 103 Å². The lowest BCUT2D eigenvalue weighted by Gasteiger charge is -2.59. The lowest BCUT2D eigenvalue weighted by Crippen LogP contribution is -2.80. The Bertz CT molecular complexity index is 687. The van der Waals surface area contributed by atoms with Gasteiger partial charge in [0.15, 0.2) is 0 Å². The lowest BCUT2D eigenvalue weighted by atomic mass is 9.39. The zero-order valence-electron chi connectivity index (χ0n) is 29.1. The summed E-state index contributed by atoms with van der Waals surface area (Å²) in [6.45, 7) is 41.5. The molecule has 0 aromatic rings. The van der Waals surface area contributed by atoms with Crippen molar-refractivity contribution in [1.29, 1.82) is 0 Å².